The van der Waals surface area contributed by atoms with Crippen LogP contribution in [-0.2, 0) is 23.9 Å². The fourth-order valence-corrected chi connectivity index (χ4v) is 4.09. The molecule has 7 heteroatoms. The first-order valence-electron chi connectivity index (χ1n) is 7.57. The Morgan fingerprint density at radius 2 is 2.00 bits per heavy atom. The van der Waals surface area contributed by atoms with E-state index >= 15 is 0 Å². The molecule has 2 saturated heterocycles. The highest BCUT2D eigenvalue weighted by Crippen LogP contribution is 2.52. The SMILES string of the molecule is CC(=O)OC[C@@]12C=C[C@@H](O1)[C@@H]1C(=O)N(c3ccc(I)cc3)C(=O)[C@@H]12. The van der Waals surface area contributed by atoms with Crippen molar-refractivity contribution >= 4 is 46.1 Å². The van der Waals surface area contributed by atoms with Gasteiger partial charge in [0, 0.05) is 10.5 Å². The molecule has 4 rings (SSSR count). The Morgan fingerprint density at radius 1 is 1.29 bits per heavy atom. The zero-order chi connectivity index (χ0) is 17.1. The van der Waals surface area contributed by atoms with Crippen LogP contribution in [0.25, 0.3) is 0 Å². The minimum absolute atomic E-state index is 0.0595. The Balaban J connectivity index is 1.69. The lowest BCUT2D eigenvalue weighted by Gasteiger charge is -2.28. The Bertz CT molecular complexity index is 774. The molecule has 0 N–H and O–H groups in total. The standard InChI is InChI=1S/C17H14INO5/c1-9(20)23-8-17-7-6-12(24-17)13-14(17)16(22)19(15(13)21)11-4-2-10(18)3-5-11/h2-7,12-14H,8H2,1H3/t12-,13+,14-,17-/m1/s1. The molecule has 2 fully saturated rings. The smallest absolute Gasteiger partial charge is 0.302 e. The summed E-state index contributed by atoms with van der Waals surface area (Å²) >= 11 is 2.17. The second-order valence-corrected chi connectivity index (χ2v) is 7.41. The van der Waals surface area contributed by atoms with E-state index in [0.717, 1.165) is 3.57 Å². The summed E-state index contributed by atoms with van der Waals surface area (Å²) in [6, 6.07) is 7.21. The number of benzene rings is 1. The van der Waals surface area contributed by atoms with Gasteiger partial charge in [0.1, 0.15) is 12.2 Å². The number of carbonyl (C=O) groups excluding carboxylic acids is 3. The number of amides is 2. The molecule has 1 aromatic rings. The van der Waals surface area contributed by atoms with E-state index in [1.807, 2.05) is 12.1 Å². The van der Waals surface area contributed by atoms with Crippen LogP contribution in [0.15, 0.2) is 36.4 Å². The number of nitrogens with zero attached hydrogens (tertiary/aromatic N) is 1. The topological polar surface area (TPSA) is 72.9 Å². The van der Waals surface area contributed by atoms with Crippen molar-refractivity contribution in [2.45, 2.75) is 18.6 Å². The molecule has 124 valence electrons. The van der Waals surface area contributed by atoms with Gasteiger partial charge >= 0.3 is 5.97 Å². The number of anilines is 1. The lowest BCUT2D eigenvalue weighted by Crippen LogP contribution is -2.44. The zero-order valence-corrected chi connectivity index (χ0v) is 14.9. The first kappa shape index (κ1) is 15.8. The Labute approximate surface area is 151 Å². The van der Waals surface area contributed by atoms with Gasteiger partial charge in [-0.3, -0.25) is 14.4 Å². The quantitative estimate of drug-likeness (QED) is 0.310. The molecule has 4 atom stereocenters. The van der Waals surface area contributed by atoms with Crippen LogP contribution in [-0.4, -0.2) is 36.1 Å². The second kappa shape index (κ2) is 5.38. The molecule has 2 bridgehead atoms. The maximum absolute atomic E-state index is 13.0. The van der Waals surface area contributed by atoms with Crippen LogP contribution in [0.5, 0.6) is 0 Å². The number of imide groups is 1. The number of hydrogen-bond donors (Lipinski definition) is 0. The number of esters is 1. The van der Waals surface area contributed by atoms with E-state index in [-0.39, 0.29) is 18.4 Å². The summed E-state index contributed by atoms with van der Waals surface area (Å²) < 4.78 is 12.0. The Morgan fingerprint density at radius 3 is 2.67 bits per heavy atom. The van der Waals surface area contributed by atoms with Crippen LogP contribution in [0.2, 0.25) is 0 Å². The third-order valence-corrected chi connectivity index (χ3v) is 5.46. The van der Waals surface area contributed by atoms with Crippen molar-refractivity contribution in [1.82, 2.24) is 0 Å². The molecule has 3 aliphatic rings. The molecular formula is C17H14INO5. The third-order valence-electron chi connectivity index (χ3n) is 4.74. The van der Waals surface area contributed by atoms with Crippen LogP contribution in [0, 0.1) is 15.4 Å². The molecule has 0 spiro atoms. The lowest BCUT2D eigenvalue weighted by molar-refractivity contribution is -0.150. The van der Waals surface area contributed by atoms with Crippen LogP contribution < -0.4 is 4.90 Å². The largest absolute Gasteiger partial charge is 0.462 e. The molecule has 0 unspecified atom stereocenters. The number of fused-ring (bicyclic) bond motifs is 5. The highest BCUT2D eigenvalue weighted by Gasteiger charge is 2.68. The van der Waals surface area contributed by atoms with E-state index in [1.165, 1.54) is 11.8 Å². The third kappa shape index (κ3) is 2.14. The fraction of sp³-hybridized carbons (Fsp3) is 0.353. The van der Waals surface area contributed by atoms with Gasteiger partial charge in [-0.2, -0.15) is 0 Å². The van der Waals surface area contributed by atoms with Gasteiger partial charge < -0.3 is 9.47 Å². The van der Waals surface area contributed by atoms with E-state index in [4.69, 9.17) is 9.47 Å². The van der Waals surface area contributed by atoms with Gasteiger partial charge in [-0.25, -0.2) is 4.90 Å². The number of rotatable bonds is 3. The van der Waals surface area contributed by atoms with E-state index in [9.17, 15) is 14.4 Å². The Hall–Kier alpha value is -1.74. The van der Waals surface area contributed by atoms with Gasteiger partial charge in [0.25, 0.3) is 0 Å². The molecule has 0 radical (unpaired) electrons. The maximum atomic E-state index is 13.0. The highest BCUT2D eigenvalue weighted by molar-refractivity contribution is 14.1. The van der Waals surface area contributed by atoms with Gasteiger partial charge in [0.15, 0.2) is 0 Å². The zero-order valence-electron chi connectivity index (χ0n) is 12.8. The number of carbonyl (C=O) groups is 3. The molecule has 3 aliphatic heterocycles. The normalized spacial score (nSPS) is 33.2. The molecule has 0 aliphatic carbocycles. The predicted molar refractivity (Wildman–Crippen MR) is 92.0 cm³/mol. The summed E-state index contributed by atoms with van der Waals surface area (Å²) in [6.45, 7) is 1.24. The summed E-state index contributed by atoms with van der Waals surface area (Å²) in [5, 5.41) is 0. The van der Waals surface area contributed by atoms with Gasteiger partial charge in [-0.15, -0.1) is 0 Å². The van der Waals surface area contributed by atoms with Crippen molar-refractivity contribution in [3.63, 3.8) is 0 Å². The summed E-state index contributed by atoms with van der Waals surface area (Å²) in [5.41, 5.74) is -0.479. The molecule has 3 heterocycles. The first-order valence-corrected chi connectivity index (χ1v) is 8.65. The van der Waals surface area contributed by atoms with Crippen molar-refractivity contribution in [2.24, 2.45) is 11.8 Å². The second-order valence-electron chi connectivity index (χ2n) is 6.17. The molecular weight excluding hydrogens is 425 g/mol. The average Bonchev–Trinajstić information content (AvgIpc) is 3.18. The Kier molecular flexibility index (Phi) is 3.54. The van der Waals surface area contributed by atoms with Crippen molar-refractivity contribution < 1.29 is 23.9 Å². The highest BCUT2D eigenvalue weighted by atomic mass is 127. The number of ether oxygens (including phenoxy) is 2. The molecule has 1 aromatic carbocycles. The van der Waals surface area contributed by atoms with E-state index in [1.54, 1.807) is 24.3 Å². The van der Waals surface area contributed by atoms with E-state index in [0.29, 0.717) is 5.69 Å². The number of halogens is 1. The lowest BCUT2D eigenvalue weighted by atomic mass is 9.77. The molecule has 0 saturated carbocycles. The minimum atomic E-state index is -1.04. The van der Waals surface area contributed by atoms with Crippen molar-refractivity contribution in [3.8, 4) is 0 Å². The molecule has 2 amide bonds. The first-order chi connectivity index (χ1) is 11.4. The minimum Gasteiger partial charge on any atom is -0.462 e. The van der Waals surface area contributed by atoms with Crippen molar-refractivity contribution in [1.29, 1.82) is 0 Å². The number of hydrogen-bond acceptors (Lipinski definition) is 5. The molecule has 0 aromatic heterocycles. The van der Waals surface area contributed by atoms with Crippen LogP contribution >= 0.6 is 22.6 Å². The maximum Gasteiger partial charge on any atom is 0.302 e. The van der Waals surface area contributed by atoms with Crippen LogP contribution in [0.1, 0.15) is 6.92 Å². The fourth-order valence-electron chi connectivity index (χ4n) is 3.73. The van der Waals surface area contributed by atoms with Crippen molar-refractivity contribution in [2.75, 3.05) is 11.5 Å². The average molecular weight is 439 g/mol. The summed E-state index contributed by atoms with van der Waals surface area (Å²) in [6.07, 6.45) is 3.09. The van der Waals surface area contributed by atoms with Gasteiger partial charge in [-0.1, -0.05) is 6.08 Å². The summed E-state index contributed by atoms with van der Waals surface area (Å²) in [7, 11) is 0. The van der Waals surface area contributed by atoms with Crippen LogP contribution in [0.3, 0.4) is 0 Å². The summed E-state index contributed by atoms with van der Waals surface area (Å²) in [4.78, 5) is 38.2. The van der Waals surface area contributed by atoms with Gasteiger partial charge in [-0.05, 0) is 52.9 Å². The molecule has 6 nitrogen and oxygen atoms in total. The predicted octanol–water partition coefficient (Wildman–Crippen LogP) is 1.67. The molecule has 24 heavy (non-hydrogen) atoms. The van der Waals surface area contributed by atoms with Crippen LogP contribution in [0.4, 0.5) is 5.69 Å². The van der Waals surface area contributed by atoms with Crippen molar-refractivity contribution in [3.05, 3.63) is 40.0 Å². The van der Waals surface area contributed by atoms with Gasteiger partial charge in [0.05, 0.1) is 23.6 Å². The monoisotopic (exact) mass is 439 g/mol. The van der Waals surface area contributed by atoms with Gasteiger partial charge in [0.2, 0.25) is 11.8 Å². The summed E-state index contributed by atoms with van der Waals surface area (Å²) in [5.74, 6) is -2.22. The van der Waals surface area contributed by atoms with E-state index < -0.39 is 29.5 Å². The van der Waals surface area contributed by atoms with E-state index in [2.05, 4.69) is 22.6 Å².